The van der Waals surface area contributed by atoms with Crippen LogP contribution in [0.1, 0.15) is 43.6 Å². The van der Waals surface area contributed by atoms with E-state index in [2.05, 4.69) is 22.8 Å². The molecule has 2 amide bonds. The third-order valence-corrected chi connectivity index (χ3v) is 4.82. The number of aliphatic hydroxyl groups is 1. The highest BCUT2D eigenvalue weighted by Crippen LogP contribution is 2.44. The van der Waals surface area contributed by atoms with Crippen LogP contribution >= 0.6 is 0 Å². The average molecular weight is 302 g/mol. The minimum atomic E-state index is -0.0531. The van der Waals surface area contributed by atoms with E-state index in [0.717, 1.165) is 5.56 Å². The monoisotopic (exact) mass is 302 g/mol. The summed E-state index contributed by atoms with van der Waals surface area (Å²) < 4.78 is 0. The molecular formula is C18H26N2O2. The van der Waals surface area contributed by atoms with Crippen molar-refractivity contribution in [3.05, 3.63) is 35.9 Å². The first-order valence-electron chi connectivity index (χ1n) is 8.48. The fraction of sp³-hybridized carbons (Fsp3) is 0.611. The lowest BCUT2D eigenvalue weighted by molar-refractivity contribution is 0.230. The number of carbonyl (C=O) groups excluding carboxylic acids is 1. The molecule has 0 saturated heterocycles. The van der Waals surface area contributed by atoms with Gasteiger partial charge < -0.3 is 15.7 Å². The second-order valence-electron chi connectivity index (χ2n) is 6.67. The first-order chi connectivity index (χ1) is 10.8. The Morgan fingerprint density at radius 2 is 1.77 bits per heavy atom. The quantitative estimate of drug-likeness (QED) is 0.691. The number of carbonyl (C=O) groups is 1. The van der Waals surface area contributed by atoms with E-state index in [1.807, 2.05) is 18.2 Å². The molecule has 4 nitrogen and oxygen atoms in total. The van der Waals surface area contributed by atoms with E-state index in [-0.39, 0.29) is 18.6 Å². The van der Waals surface area contributed by atoms with Gasteiger partial charge in [0.25, 0.3) is 0 Å². The summed E-state index contributed by atoms with van der Waals surface area (Å²) in [6, 6.07) is 10.4. The first kappa shape index (κ1) is 15.3. The highest BCUT2D eigenvalue weighted by atomic mass is 16.3. The Bertz CT molecular complexity index is 471. The Kier molecular flexibility index (Phi) is 4.98. The van der Waals surface area contributed by atoms with Crippen molar-refractivity contribution >= 4 is 6.03 Å². The van der Waals surface area contributed by atoms with Gasteiger partial charge in [-0.15, -0.1) is 0 Å². The molecule has 1 atom stereocenters. The lowest BCUT2D eigenvalue weighted by atomic mass is 9.96. The van der Waals surface area contributed by atoms with E-state index in [1.54, 1.807) is 0 Å². The van der Waals surface area contributed by atoms with Gasteiger partial charge >= 0.3 is 6.03 Å². The fourth-order valence-electron chi connectivity index (χ4n) is 3.22. The van der Waals surface area contributed by atoms with E-state index >= 15 is 0 Å². The van der Waals surface area contributed by atoms with Crippen molar-refractivity contribution < 1.29 is 9.90 Å². The van der Waals surface area contributed by atoms with Crippen molar-refractivity contribution in [2.24, 2.45) is 11.8 Å². The van der Waals surface area contributed by atoms with Crippen molar-refractivity contribution in [3.63, 3.8) is 0 Å². The number of rotatable bonds is 8. The van der Waals surface area contributed by atoms with Crippen molar-refractivity contribution in [1.29, 1.82) is 0 Å². The lowest BCUT2D eigenvalue weighted by Crippen LogP contribution is -2.45. The molecule has 0 radical (unpaired) electrons. The summed E-state index contributed by atoms with van der Waals surface area (Å²) >= 11 is 0. The van der Waals surface area contributed by atoms with E-state index in [1.165, 1.54) is 25.7 Å². The zero-order chi connectivity index (χ0) is 15.4. The first-order valence-corrected chi connectivity index (χ1v) is 8.48. The molecule has 2 aliphatic carbocycles. The second kappa shape index (κ2) is 7.14. The van der Waals surface area contributed by atoms with Crippen LogP contribution in [0.5, 0.6) is 0 Å². The smallest absolute Gasteiger partial charge is 0.315 e. The van der Waals surface area contributed by atoms with Crippen LogP contribution in [0.4, 0.5) is 4.79 Å². The molecule has 2 aliphatic rings. The lowest BCUT2D eigenvalue weighted by Gasteiger charge is -2.21. The summed E-state index contributed by atoms with van der Waals surface area (Å²) in [5.41, 5.74) is 1.16. The topological polar surface area (TPSA) is 61.4 Å². The summed E-state index contributed by atoms with van der Waals surface area (Å²) in [6.45, 7) is 0.702. The van der Waals surface area contributed by atoms with Crippen molar-refractivity contribution in [1.82, 2.24) is 10.6 Å². The Morgan fingerprint density at radius 1 is 1.14 bits per heavy atom. The van der Waals surface area contributed by atoms with E-state index in [0.29, 0.717) is 30.8 Å². The van der Waals surface area contributed by atoms with Crippen LogP contribution < -0.4 is 10.6 Å². The molecule has 4 heteroatoms. The predicted molar refractivity (Wildman–Crippen MR) is 86.7 cm³/mol. The standard InChI is InChI=1S/C18H26N2O2/c21-11-10-16(13-4-2-1-3-5-13)12-19-18(22)20-17(14-6-7-14)15-8-9-15/h1-5,14-17,21H,6-12H2,(H2,19,20,22). The molecule has 0 aromatic heterocycles. The number of hydrogen-bond acceptors (Lipinski definition) is 2. The Hall–Kier alpha value is -1.55. The normalized spacial score (nSPS) is 19.0. The number of nitrogens with one attached hydrogen (secondary N) is 2. The molecular weight excluding hydrogens is 276 g/mol. The highest BCUT2D eigenvalue weighted by Gasteiger charge is 2.42. The molecule has 3 N–H and O–H groups in total. The van der Waals surface area contributed by atoms with Gasteiger partial charge in [0.15, 0.2) is 0 Å². The molecule has 120 valence electrons. The molecule has 1 aromatic carbocycles. The highest BCUT2D eigenvalue weighted by molar-refractivity contribution is 5.74. The predicted octanol–water partition coefficient (Wildman–Crippen LogP) is 2.64. The summed E-state index contributed by atoms with van der Waals surface area (Å²) in [5.74, 6) is 1.58. The number of aliphatic hydroxyl groups excluding tert-OH is 1. The molecule has 2 fully saturated rings. The van der Waals surface area contributed by atoms with Crippen molar-refractivity contribution in [2.75, 3.05) is 13.2 Å². The number of benzene rings is 1. The summed E-state index contributed by atoms with van der Waals surface area (Å²) in [5, 5.41) is 15.4. The SMILES string of the molecule is O=C(NCC(CCO)c1ccccc1)NC(C1CC1)C1CC1. The largest absolute Gasteiger partial charge is 0.396 e. The molecule has 0 aliphatic heterocycles. The van der Waals surface area contributed by atoms with Crippen molar-refractivity contribution in [3.8, 4) is 0 Å². The zero-order valence-electron chi connectivity index (χ0n) is 13.0. The molecule has 0 heterocycles. The number of urea groups is 1. The van der Waals surface area contributed by atoms with Gasteiger partial charge in [0.05, 0.1) is 0 Å². The van der Waals surface area contributed by atoms with Gasteiger partial charge in [-0.05, 0) is 49.5 Å². The maximum atomic E-state index is 12.2. The molecule has 0 spiro atoms. The van der Waals surface area contributed by atoms with Gasteiger partial charge in [0.2, 0.25) is 0 Å². The van der Waals surface area contributed by atoms with E-state index in [9.17, 15) is 9.90 Å². The molecule has 0 bridgehead atoms. The fourth-order valence-corrected chi connectivity index (χ4v) is 3.22. The van der Waals surface area contributed by atoms with Gasteiger partial charge in [-0.25, -0.2) is 4.79 Å². The minimum Gasteiger partial charge on any atom is -0.396 e. The van der Waals surface area contributed by atoms with Crippen LogP contribution in [0.2, 0.25) is 0 Å². The summed E-state index contributed by atoms with van der Waals surface area (Å²) in [4.78, 5) is 12.2. The zero-order valence-corrected chi connectivity index (χ0v) is 13.0. The van der Waals surface area contributed by atoms with Crippen LogP contribution in [-0.2, 0) is 0 Å². The number of amides is 2. The molecule has 1 aromatic rings. The van der Waals surface area contributed by atoms with E-state index < -0.39 is 0 Å². The molecule has 3 rings (SSSR count). The van der Waals surface area contributed by atoms with Crippen LogP contribution in [0.25, 0.3) is 0 Å². The molecule has 2 saturated carbocycles. The van der Waals surface area contributed by atoms with Crippen molar-refractivity contribution in [2.45, 2.75) is 44.1 Å². The van der Waals surface area contributed by atoms with Crippen LogP contribution in [-0.4, -0.2) is 30.3 Å². The van der Waals surface area contributed by atoms with Crippen LogP contribution in [0, 0.1) is 11.8 Å². The van der Waals surface area contributed by atoms with Gasteiger partial charge in [-0.1, -0.05) is 30.3 Å². The van der Waals surface area contributed by atoms with Crippen LogP contribution in [0.15, 0.2) is 30.3 Å². The number of hydrogen-bond donors (Lipinski definition) is 3. The third kappa shape index (κ3) is 4.23. The third-order valence-electron chi connectivity index (χ3n) is 4.82. The molecule has 1 unspecified atom stereocenters. The van der Waals surface area contributed by atoms with E-state index in [4.69, 9.17) is 0 Å². The summed E-state index contributed by atoms with van der Waals surface area (Å²) in [6.07, 6.45) is 5.72. The minimum absolute atomic E-state index is 0.0531. The maximum absolute atomic E-state index is 12.2. The van der Waals surface area contributed by atoms with Gasteiger partial charge in [0.1, 0.15) is 0 Å². The summed E-state index contributed by atoms with van der Waals surface area (Å²) in [7, 11) is 0. The van der Waals surface area contributed by atoms with Gasteiger partial charge in [-0.2, -0.15) is 0 Å². The van der Waals surface area contributed by atoms with Gasteiger partial charge in [-0.3, -0.25) is 0 Å². The molecule has 22 heavy (non-hydrogen) atoms. The maximum Gasteiger partial charge on any atom is 0.315 e. The van der Waals surface area contributed by atoms with Gasteiger partial charge in [0, 0.05) is 25.1 Å². The Labute approximate surface area is 132 Å². The Morgan fingerprint density at radius 3 is 2.32 bits per heavy atom. The average Bonchev–Trinajstić information content (AvgIpc) is 3.42. The Balaban J connectivity index is 1.49. The van der Waals surface area contributed by atoms with Crippen LogP contribution in [0.3, 0.4) is 0 Å². The second-order valence-corrected chi connectivity index (χ2v) is 6.67.